The zero-order valence-corrected chi connectivity index (χ0v) is 21.9. The molecule has 0 spiro atoms. The number of amides is 2. The number of rotatable bonds is 1. The van der Waals surface area contributed by atoms with Gasteiger partial charge in [0.15, 0.2) is 34.2 Å². The second-order valence-electron chi connectivity index (χ2n) is 8.92. The second-order valence-corrected chi connectivity index (χ2v) is 8.92. The minimum absolute atomic E-state index is 0.0178. The Hall–Kier alpha value is -6.33. The number of ether oxygens (including phenoxy) is 1. The Morgan fingerprint density at radius 1 is 0.605 bits per heavy atom. The topological polar surface area (TPSA) is 241 Å². The molecular weight excluding hydrogens is 572 g/mol. The number of aromatic nitrogens is 6. The number of methoxy groups -OCH3 is 1. The van der Waals surface area contributed by atoms with Gasteiger partial charge in [-0.2, -0.15) is 0 Å². The monoisotopic (exact) mass is 588 g/mol. The number of hydrogen-bond donors (Lipinski definition) is 2. The normalized spacial score (nSPS) is 16.7. The molecule has 18 heteroatoms. The van der Waals surface area contributed by atoms with Gasteiger partial charge in [-0.15, -0.1) is 0 Å². The van der Waals surface area contributed by atoms with Crippen LogP contribution in [0.3, 0.4) is 0 Å². The Morgan fingerprint density at radius 2 is 1.00 bits per heavy atom. The molecule has 18 nitrogen and oxygen atoms in total. The van der Waals surface area contributed by atoms with Gasteiger partial charge in [0, 0.05) is 0 Å². The molecule has 1 aliphatic heterocycles. The van der Waals surface area contributed by atoms with Gasteiger partial charge in [0.1, 0.15) is 43.6 Å². The molecule has 6 aromatic rings. The van der Waals surface area contributed by atoms with E-state index in [1.165, 1.54) is 18.8 Å². The van der Waals surface area contributed by atoms with Crippen LogP contribution in [0.2, 0.25) is 0 Å². The van der Waals surface area contributed by atoms with Crippen LogP contribution >= 0.6 is 0 Å². The maximum atomic E-state index is 13.0. The number of esters is 1. The van der Waals surface area contributed by atoms with Crippen molar-refractivity contribution in [3.05, 3.63) is 60.7 Å². The summed E-state index contributed by atoms with van der Waals surface area (Å²) in [6.45, 7) is 1.65. The highest BCUT2D eigenvalue weighted by atomic mass is 16.5. The molecule has 0 aromatic carbocycles. The molecule has 12 bridgehead atoms. The molecule has 7 rings (SSSR count). The van der Waals surface area contributed by atoms with Gasteiger partial charge < -0.3 is 41.9 Å². The van der Waals surface area contributed by atoms with Crippen molar-refractivity contribution in [2.75, 3.05) is 7.11 Å². The molecule has 7 heterocycles. The molecule has 2 amide bonds. The molecule has 0 aliphatic carbocycles. The van der Waals surface area contributed by atoms with Crippen molar-refractivity contribution < 1.29 is 45.6 Å². The summed E-state index contributed by atoms with van der Waals surface area (Å²) in [4.78, 5) is 63.8. The number of carbonyl (C=O) groups excluding carboxylic acids is 3. The van der Waals surface area contributed by atoms with Crippen LogP contribution in [0.25, 0.3) is 46.3 Å². The molecule has 1 aliphatic rings. The number of fused-ring (bicyclic) bond motifs is 16. The molecule has 43 heavy (non-hydrogen) atoms. The summed E-state index contributed by atoms with van der Waals surface area (Å²) < 4.78 is 37.5. The van der Waals surface area contributed by atoms with Gasteiger partial charge in [0.2, 0.25) is 41.4 Å². The maximum Gasteiger partial charge on any atom is 0.338 e. The second kappa shape index (κ2) is 9.94. The van der Waals surface area contributed by atoms with Gasteiger partial charge in [-0.1, -0.05) is 0 Å². The fourth-order valence-corrected chi connectivity index (χ4v) is 3.95. The first kappa shape index (κ1) is 25.6. The van der Waals surface area contributed by atoms with Gasteiger partial charge in [0.05, 0.1) is 7.11 Å². The van der Waals surface area contributed by atoms with Crippen molar-refractivity contribution in [2.45, 2.75) is 19.0 Å². The summed E-state index contributed by atoms with van der Waals surface area (Å²) >= 11 is 0. The molecule has 216 valence electrons. The van der Waals surface area contributed by atoms with E-state index in [2.05, 4.69) is 40.5 Å². The lowest BCUT2D eigenvalue weighted by atomic mass is 10.2. The van der Waals surface area contributed by atoms with Crippen molar-refractivity contribution in [3.8, 4) is 46.3 Å². The smallest absolute Gasteiger partial charge is 0.338 e. The molecule has 0 fully saturated rings. The zero-order valence-electron chi connectivity index (χ0n) is 21.9. The van der Waals surface area contributed by atoms with Crippen LogP contribution < -0.4 is 10.6 Å². The SMILES string of the molecule is COC(=O)C1NC(=O)c2coc(n2)-c2coc(n2)-c2coc(n2)C(C)NC(=O)c2coc(n2)-c2coc(n2)-c2coc1n2. The fraction of sp³-hybridized carbons (Fsp3) is 0.160. The number of hydrogen-bond acceptors (Lipinski definition) is 16. The van der Waals surface area contributed by atoms with E-state index in [9.17, 15) is 14.4 Å². The molecule has 2 atom stereocenters. The standard InChI is InChI=1S/C25H16N8O10/c1-9-19-29-12(5-38-19)22-30-14(6-41-22)21-28-11(4-40-21)18(35)33-16(25(36)37-2)24-32-15(8-43-24)23-31-13(7-42-23)20-27-10(3-39-20)17(34)26-9/h3-9,16H,1-2H3,(H,26,34)(H,33,35). The summed E-state index contributed by atoms with van der Waals surface area (Å²) in [6.07, 6.45) is 7.14. The van der Waals surface area contributed by atoms with E-state index in [1.54, 1.807) is 6.92 Å². The first-order chi connectivity index (χ1) is 20.9. The molecule has 6 aromatic heterocycles. The Labute approximate surface area is 237 Å². The van der Waals surface area contributed by atoms with E-state index in [1.807, 2.05) is 0 Å². The predicted molar refractivity (Wildman–Crippen MR) is 133 cm³/mol. The third kappa shape index (κ3) is 4.61. The van der Waals surface area contributed by atoms with E-state index in [4.69, 9.17) is 31.2 Å². The van der Waals surface area contributed by atoms with Crippen LogP contribution in [-0.4, -0.2) is 54.8 Å². The van der Waals surface area contributed by atoms with Crippen LogP contribution in [0.15, 0.2) is 64.1 Å². The number of carbonyl (C=O) groups is 3. The van der Waals surface area contributed by atoms with E-state index < -0.39 is 29.9 Å². The average Bonchev–Trinajstić information content (AvgIpc) is 3.84. The number of nitrogens with one attached hydrogen (secondary N) is 2. The lowest BCUT2D eigenvalue weighted by Gasteiger charge is -2.12. The van der Waals surface area contributed by atoms with Crippen LogP contribution in [0, 0.1) is 0 Å². The highest BCUT2D eigenvalue weighted by Crippen LogP contribution is 2.28. The maximum absolute atomic E-state index is 13.0. The zero-order chi connectivity index (χ0) is 29.7. The fourth-order valence-electron chi connectivity index (χ4n) is 3.95. The van der Waals surface area contributed by atoms with Crippen molar-refractivity contribution in [1.29, 1.82) is 0 Å². The van der Waals surface area contributed by atoms with E-state index >= 15 is 0 Å². The number of nitrogens with zero attached hydrogens (tertiary/aromatic N) is 6. The van der Waals surface area contributed by atoms with Crippen molar-refractivity contribution in [2.24, 2.45) is 0 Å². The van der Waals surface area contributed by atoms with Crippen LogP contribution in [0.4, 0.5) is 0 Å². The van der Waals surface area contributed by atoms with Crippen LogP contribution in [0.5, 0.6) is 0 Å². The van der Waals surface area contributed by atoms with Crippen molar-refractivity contribution in [1.82, 2.24) is 40.5 Å². The molecular formula is C25H16N8O10. The van der Waals surface area contributed by atoms with E-state index in [-0.39, 0.29) is 69.5 Å². The summed E-state index contributed by atoms with van der Waals surface area (Å²) in [6, 6.07) is -2.15. The Balaban J connectivity index is 1.28. The van der Waals surface area contributed by atoms with E-state index in [0.717, 1.165) is 25.9 Å². The first-order valence-corrected chi connectivity index (χ1v) is 12.3. The summed E-state index contributed by atoms with van der Waals surface area (Å²) in [5.74, 6) is -2.38. The van der Waals surface area contributed by atoms with Gasteiger partial charge in [0.25, 0.3) is 11.8 Å². The molecule has 0 saturated carbocycles. The highest BCUT2D eigenvalue weighted by Gasteiger charge is 2.31. The Kier molecular flexibility index (Phi) is 5.92. The molecule has 2 unspecified atom stereocenters. The molecule has 2 N–H and O–H groups in total. The predicted octanol–water partition coefficient (Wildman–Crippen LogP) is 2.73. The van der Waals surface area contributed by atoms with Gasteiger partial charge in [-0.3, -0.25) is 9.59 Å². The third-order valence-electron chi connectivity index (χ3n) is 6.08. The van der Waals surface area contributed by atoms with E-state index in [0.29, 0.717) is 0 Å². The summed E-state index contributed by atoms with van der Waals surface area (Å²) in [7, 11) is 1.13. The highest BCUT2D eigenvalue weighted by molar-refractivity contribution is 5.95. The molecule has 0 saturated heterocycles. The van der Waals surface area contributed by atoms with Crippen molar-refractivity contribution in [3.63, 3.8) is 0 Å². The lowest BCUT2D eigenvalue weighted by molar-refractivity contribution is -0.143. The van der Waals surface area contributed by atoms with Gasteiger partial charge >= 0.3 is 5.97 Å². The lowest BCUT2D eigenvalue weighted by Crippen LogP contribution is -2.35. The largest absolute Gasteiger partial charge is 0.467 e. The van der Waals surface area contributed by atoms with Crippen molar-refractivity contribution >= 4 is 17.8 Å². The van der Waals surface area contributed by atoms with Gasteiger partial charge in [-0.25, -0.2) is 34.7 Å². The number of oxazole rings is 6. The minimum atomic E-state index is -1.47. The van der Waals surface area contributed by atoms with Gasteiger partial charge in [-0.05, 0) is 6.92 Å². The average molecular weight is 588 g/mol. The van der Waals surface area contributed by atoms with Crippen LogP contribution in [-0.2, 0) is 9.53 Å². The summed E-state index contributed by atoms with van der Waals surface area (Å²) in [5.41, 5.74) is 0.347. The quantitative estimate of drug-likeness (QED) is 0.262. The first-order valence-electron chi connectivity index (χ1n) is 12.3. The van der Waals surface area contributed by atoms with Crippen LogP contribution in [0.1, 0.15) is 51.8 Å². The Bertz CT molecular complexity index is 1990. The minimum Gasteiger partial charge on any atom is -0.467 e. The third-order valence-corrected chi connectivity index (χ3v) is 6.08. The Morgan fingerprint density at radius 3 is 1.53 bits per heavy atom. The molecule has 0 radical (unpaired) electrons. The summed E-state index contributed by atoms with van der Waals surface area (Å²) in [5, 5.41) is 5.16.